The summed E-state index contributed by atoms with van der Waals surface area (Å²) in [6.07, 6.45) is 2.24. The second kappa shape index (κ2) is 11.6. The maximum absolute atomic E-state index is 11.2. The van der Waals surface area contributed by atoms with Crippen LogP contribution in [0, 0.1) is 6.92 Å². The molecule has 2 aromatic heterocycles. The molecule has 0 bridgehead atoms. The molecule has 0 saturated carbocycles. The van der Waals surface area contributed by atoms with Gasteiger partial charge in [-0.05, 0) is 52.9 Å². The van der Waals surface area contributed by atoms with E-state index in [1.165, 1.54) is 0 Å². The fourth-order valence-corrected chi connectivity index (χ4v) is 4.39. The lowest BCUT2D eigenvalue weighted by atomic mass is 9.98. The maximum Gasteiger partial charge on any atom is 0.335 e. The van der Waals surface area contributed by atoms with Crippen LogP contribution in [0.25, 0.3) is 22.5 Å². The molecule has 0 amide bonds. The zero-order chi connectivity index (χ0) is 27.2. The van der Waals surface area contributed by atoms with Crippen molar-refractivity contribution in [3.05, 3.63) is 107 Å². The van der Waals surface area contributed by atoms with Crippen molar-refractivity contribution in [3.63, 3.8) is 0 Å². The first kappa shape index (κ1) is 25.7. The Kier molecular flexibility index (Phi) is 7.68. The van der Waals surface area contributed by atoms with Gasteiger partial charge in [0.2, 0.25) is 11.7 Å². The highest BCUT2D eigenvalue weighted by molar-refractivity contribution is 5.87. The highest BCUT2D eigenvalue weighted by atomic mass is 16.5. The first-order valence-electron chi connectivity index (χ1n) is 12.8. The second-order valence-corrected chi connectivity index (χ2v) is 9.20. The Labute approximate surface area is 225 Å². The van der Waals surface area contributed by atoms with E-state index in [4.69, 9.17) is 14.7 Å². The van der Waals surface area contributed by atoms with Gasteiger partial charge in [-0.2, -0.15) is 10.2 Å². The SMILES string of the molecule is CCCc1nc(C)c(Cc2ccc(C(=O)O)cc2)c(OCc2ccc(-c3ccccc3-c3nn[nH]n3)cc2)n1. The first-order chi connectivity index (χ1) is 19.0. The lowest BCUT2D eigenvalue weighted by Crippen LogP contribution is -2.08. The van der Waals surface area contributed by atoms with Crippen LogP contribution >= 0.6 is 0 Å². The molecule has 0 unspecified atom stereocenters. The molecule has 9 heteroatoms. The van der Waals surface area contributed by atoms with Gasteiger partial charge in [0, 0.05) is 29.7 Å². The summed E-state index contributed by atoms with van der Waals surface area (Å²) >= 11 is 0. The van der Waals surface area contributed by atoms with Crippen LogP contribution in [0.4, 0.5) is 0 Å². The predicted octanol–water partition coefficient (Wildman–Crippen LogP) is 5.45. The van der Waals surface area contributed by atoms with Gasteiger partial charge in [-0.15, -0.1) is 10.2 Å². The van der Waals surface area contributed by atoms with Crippen LogP contribution in [0.3, 0.4) is 0 Å². The van der Waals surface area contributed by atoms with Gasteiger partial charge in [-0.25, -0.2) is 9.78 Å². The van der Waals surface area contributed by atoms with Gasteiger partial charge in [0.25, 0.3) is 0 Å². The number of aromatic nitrogens is 6. The number of benzene rings is 3. The summed E-state index contributed by atoms with van der Waals surface area (Å²) in [6, 6.07) is 23.0. The van der Waals surface area contributed by atoms with Crippen LogP contribution in [-0.2, 0) is 19.4 Å². The molecule has 5 rings (SSSR count). The Morgan fingerprint density at radius 2 is 1.64 bits per heavy atom. The van der Waals surface area contributed by atoms with Gasteiger partial charge in [-0.3, -0.25) is 0 Å². The van der Waals surface area contributed by atoms with Crippen molar-refractivity contribution in [3.8, 4) is 28.4 Å². The lowest BCUT2D eigenvalue weighted by molar-refractivity contribution is 0.0697. The zero-order valence-electron chi connectivity index (χ0n) is 21.8. The van der Waals surface area contributed by atoms with E-state index >= 15 is 0 Å². The Morgan fingerprint density at radius 1 is 0.923 bits per heavy atom. The molecular formula is C30H28N6O3. The van der Waals surface area contributed by atoms with E-state index in [1.54, 1.807) is 12.1 Å². The molecule has 3 aromatic carbocycles. The summed E-state index contributed by atoms with van der Waals surface area (Å²) in [5.74, 6) is 0.909. The molecule has 5 aromatic rings. The Morgan fingerprint density at radius 3 is 2.31 bits per heavy atom. The van der Waals surface area contributed by atoms with Crippen LogP contribution in [-0.4, -0.2) is 41.7 Å². The zero-order valence-corrected chi connectivity index (χ0v) is 21.8. The molecule has 0 aliphatic carbocycles. The molecule has 0 saturated heterocycles. The van der Waals surface area contributed by atoms with Crippen LogP contribution in [0.15, 0.2) is 72.8 Å². The van der Waals surface area contributed by atoms with Gasteiger partial charge >= 0.3 is 5.97 Å². The van der Waals surface area contributed by atoms with Crippen molar-refractivity contribution in [2.45, 2.75) is 39.7 Å². The molecule has 0 fully saturated rings. The largest absolute Gasteiger partial charge is 0.478 e. The van der Waals surface area contributed by atoms with Gasteiger partial charge in [-0.1, -0.05) is 67.6 Å². The van der Waals surface area contributed by atoms with E-state index in [9.17, 15) is 9.90 Å². The third kappa shape index (κ3) is 5.98. The van der Waals surface area contributed by atoms with E-state index in [-0.39, 0.29) is 5.56 Å². The highest BCUT2D eigenvalue weighted by Crippen LogP contribution is 2.30. The predicted molar refractivity (Wildman–Crippen MR) is 146 cm³/mol. The van der Waals surface area contributed by atoms with Crippen LogP contribution in [0.2, 0.25) is 0 Å². The number of carboxylic acid groups (broad SMARTS) is 1. The standard InChI is InChI=1S/C30H28N6O3/c1-3-6-27-31-19(2)26(17-20-9-15-23(16-10-20)30(37)38)29(32-27)39-18-21-11-13-22(14-12-21)24-7-4-5-8-25(24)28-33-35-36-34-28/h4-5,7-16H,3,6,17-18H2,1-2H3,(H,37,38)(H,33,34,35,36). The number of tetrazole rings is 1. The quantitative estimate of drug-likeness (QED) is 0.249. The molecule has 2 heterocycles. The van der Waals surface area contributed by atoms with Gasteiger partial charge in [0.15, 0.2) is 0 Å². The van der Waals surface area contributed by atoms with Crippen molar-refractivity contribution in [2.24, 2.45) is 0 Å². The van der Waals surface area contributed by atoms with E-state index in [0.717, 1.165) is 57.7 Å². The normalized spacial score (nSPS) is 10.9. The number of aryl methyl sites for hydroxylation is 2. The molecule has 0 aliphatic heterocycles. The smallest absolute Gasteiger partial charge is 0.335 e. The number of carbonyl (C=O) groups is 1. The number of ether oxygens (including phenoxy) is 1. The summed E-state index contributed by atoms with van der Waals surface area (Å²) in [6.45, 7) is 4.40. The topological polar surface area (TPSA) is 127 Å². The minimum absolute atomic E-state index is 0.254. The van der Waals surface area contributed by atoms with E-state index in [1.807, 2.05) is 55.5 Å². The number of hydrogen-bond donors (Lipinski definition) is 2. The van der Waals surface area contributed by atoms with Gasteiger partial charge in [0.1, 0.15) is 12.4 Å². The fourth-order valence-electron chi connectivity index (χ4n) is 4.39. The molecule has 39 heavy (non-hydrogen) atoms. The average molecular weight is 521 g/mol. The average Bonchev–Trinajstić information content (AvgIpc) is 3.49. The van der Waals surface area contributed by atoms with Crippen molar-refractivity contribution in [1.82, 2.24) is 30.6 Å². The number of rotatable bonds is 10. The fraction of sp³-hybridized carbons (Fsp3) is 0.200. The van der Waals surface area contributed by atoms with E-state index in [0.29, 0.717) is 24.7 Å². The molecule has 0 spiro atoms. The third-order valence-electron chi connectivity index (χ3n) is 6.43. The number of nitrogens with zero attached hydrogens (tertiary/aromatic N) is 5. The van der Waals surface area contributed by atoms with Crippen molar-refractivity contribution < 1.29 is 14.6 Å². The lowest BCUT2D eigenvalue weighted by Gasteiger charge is -2.15. The van der Waals surface area contributed by atoms with Crippen LogP contribution < -0.4 is 4.74 Å². The molecule has 0 aliphatic rings. The number of hydrogen-bond acceptors (Lipinski definition) is 7. The summed E-state index contributed by atoms with van der Waals surface area (Å²) in [4.78, 5) is 20.6. The summed E-state index contributed by atoms with van der Waals surface area (Å²) in [5, 5.41) is 23.6. The second-order valence-electron chi connectivity index (χ2n) is 9.20. The monoisotopic (exact) mass is 520 g/mol. The number of aromatic carboxylic acids is 1. The highest BCUT2D eigenvalue weighted by Gasteiger charge is 2.15. The Hall–Kier alpha value is -4.92. The van der Waals surface area contributed by atoms with Gasteiger partial charge in [0.05, 0.1) is 5.56 Å². The first-order valence-corrected chi connectivity index (χ1v) is 12.8. The van der Waals surface area contributed by atoms with Gasteiger partial charge < -0.3 is 9.84 Å². The number of aromatic amines is 1. The van der Waals surface area contributed by atoms with Crippen molar-refractivity contribution in [2.75, 3.05) is 0 Å². The molecule has 9 nitrogen and oxygen atoms in total. The van der Waals surface area contributed by atoms with Crippen molar-refractivity contribution >= 4 is 5.97 Å². The van der Waals surface area contributed by atoms with Crippen LogP contribution in [0.1, 0.15) is 51.9 Å². The third-order valence-corrected chi connectivity index (χ3v) is 6.43. The maximum atomic E-state index is 11.2. The number of carboxylic acids is 1. The molecule has 0 atom stereocenters. The molecule has 2 N–H and O–H groups in total. The molecular weight excluding hydrogens is 492 g/mol. The van der Waals surface area contributed by atoms with E-state index < -0.39 is 5.97 Å². The number of H-pyrrole nitrogens is 1. The Balaban J connectivity index is 1.37. The van der Waals surface area contributed by atoms with Crippen molar-refractivity contribution in [1.29, 1.82) is 0 Å². The van der Waals surface area contributed by atoms with E-state index in [2.05, 4.69) is 39.7 Å². The molecule has 0 radical (unpaired) electrons. The summed E-state index contributed by atoms with van der Waals surface area (Å²) in [7, 11) is 0. The number of nitrogens with one attached hydrogen (secondary N) is 1. The molecule has 196 valence electrons. The van der Waals surface area contributed by atoms with Crippen LogP contribution in [0.5, 0.6) is 5.88 Å². The minimum atomic E-state index is -0.946. The summed E-state index contributed by atoms with van der Waals surface area (Å²) in [5.41, 5.74) is 6.92. The Bertz CT molecular complexity index is 1570. The summed E-state index contributed by atoms with van der Waals surface area (Å²) < 4.78 is 6.28. The minimum Gasteiger partial charge on any atom is -0.478 e.